The Labute approximate surface area is 84.0 Å². The Morgan fingerprint density at radius 2 is 2.23 bits per heavy atom. The van der Waals surface area contributed by atoms with E-state index >= 15 is 0 Å². The van der Waals surface area contributed by atoms with Crippen LogP contribution in [0.2, 0.25) is 0 Å². The van der Waals surface area contributed by atoms with E-state index in [0.717, 1.165) is 5.56 Å². The first-order valence-electron chi connectivity index (χ1n) is 3.46. The van der Waals surface area contributed by atoms with Gasteiger partial charge in [0.15, 0.2) is 0 Å². The maximum atomic E-state index is 10.9. The molecule has 0 aliphatic carbocycles. The van der Waals surface area contributed by atoms with E-state index in [-0.39, 0.29) is 17.0 Å². The Kier molecular flexibility index (Phi) is 3.33. The van der Waals surface area contributed by atoms with Gasteiger partial charge in [0.2, 0.25) is 11.5 Å². The highest BCUT2D eigenvalue weighted by atomic mass is 35.5. The van der Waals surface area contributed by atoms with Crippen LogP contribution < -0.4 is 0 Å². The highest BCUT2D eigenvalue weighted by Gasteiger charge is 2.09. The third kappa shape index (κ3) is 2.23. The van der Waals surface area contributed by atoms with E-state index in [1.165, 1.54) is 6.07 Å². The second-order valence-corrected chi connectivity index (χ2v) is 3.09. The summed E-state index contributed by atoms with van der Waals surface area (Å²) in [5.74, 6) is 0. The number of hydrogen-bond donors (Lipinski definition) is 0. The molecule has 13 heavy (non-hydrogen) atoms. The Balaban J connectivity index is 3.42. The number of carbonyl (C=O) groups excluding carboxylic acids is 1. The Morgan fingerprint density at radius 3 is 2.77 bits per heavy atom. The molecule has 0 aliphatic heterocycles. The van der Waals surface area contributed by atoms with Gasteiger partial charge in [-0.05, 0) is 30.2 Å². The lowest BCUT2D eigenvalue weighted by molar-refractivity contribution is 0.108. The zero-order chi connectivity index (χ0) is 9.84. The van der Waals surface area contributed by atoms with Crippen LogP contribution in [-0.4, -0.2) is 9.45 Å². The number of aryl methyl sites for hydroxylation is 1. The standard InChI is InChI=1S/C8H6ClNO2S/c1-5-3-2-4-6(8(9)11)7(5)10-13-12/h2-4H,1H3. The van der Waals surface area contributed by atoms with Crippen LogP contribution in [0.5, 0.6) is 0 Å². The second-order valence-electron chi connectivity index (χ2n) is 2.41. The number of halogens is 1. The van der Waals surface area contributed by atoms with Gasteiger partial charge in [-0.15, -0.1) is 0 Å². The molecule has 0 fully saturated rings. The van der Waals surface area contributed by atoms with Crippen LogP contribution in [0.15, 0.2) is 22.6 Å². The Morgan fingerprint density at radius 1 is 1.54 bits per heavy atom. The van der Waals surface area contributed by atoms with Gasteiger partial charge in [-0.25, -0.2) is 0 Å². The Bertz CT molecular complexity index is 399. The summed E-state index contributed by atoms with van der Waals surface area (Å²) >= 11 is 5.37. The predicted molar refractivity (Wildman–Crippen MR) is 51.6 cm³/mol. The molecule has 0 unspecified atom stereocenters. The van der Waals surface area contributed by atoms with E-state index in [4.69, 9.17) is 11.6 Å². The molecule has 0 saturated carbocycles. The molecule has 0 bridgehead atoms. The van der Waals surface area contributed by atoms with Crippen LogP contribution in [0.25, 0.3) is 0 Å². The largest absolute Gasteiger partial charge is 0.276 e. The minimum absolute atomic E-state index is 0.0646. The molecule has 5 heteroatoms. The SMILES string of the molecule is Cc1cccc(C(=O)Cl)c1N=S=O. The third-order valence-electron chi connectivity index (χ3n) is 1.58. The number of carbonyl (C=O) groups is 1. The first kappa shape index (κ1) is 10.1. The summed E-state index contributed by atoms with van der Waals surface area (Å²) in [6.07, 6.45) is 0. The number of rotatable bonds is 2. The van der Waals surface area contributed by atoms with Crippen molar-refractivity contribution < 1.29 is 9.00 Å². The first-order chi connectivity index (χ1) is 6.16. The highest BCUT2D eigenvalue weighted by Crippen LogP contribution is 2.24. The fraction of sp³-hybridized carbons (Fsp3) is 0.125. The average Bonchev–Trinajstić information content (AvgIpc) is 2.08. The van der Waals surface area contributed by atoms with Crippen LogP contribution in [0, 0.1) is 6.92 Å². The van der Waals surface area contributed by atoms with E-state index in [1.54, 1.807) is 19.1 Å². The molecule has 0 aliphatic rings. The molecule has 0 saturated heterocycles. The van der Waals surface area contributed by atoms with E-state index in [0.29, 0.717) is 5.69 Å². The summed E-state index contributed by atoms with van der Waals surface area (Å²) in [6.45, 7) is 1.76. The van der Waals surface area contributed by atoms with Crippen LogP contribution in [0.3, 0.4) is 0 Å². The summed E-state index contributed by atoms with van der Waals surface area (Å²) < 4.78 is 13.8. The molecule has 0 aromatic heterocycles. The van der Waals surface area contributed by atoms with Gasteiger partial charge >= 0.3 is 0 Å². The minimum Gasteiger partial charge on any atom is -0.276 e. The monoisotopic (exact) mass is 215 g/mol. The smallest absolute Gasteiger partial charge is 0.254 e. The van der Waals surface area contributed by atoms with Crippen molar-refractivity contribution in [3.05, 3.63) is 29.3 Å². The molecule has 1 rings (SSSR count). The van der Waals surface area contributed by atoms with E-state index < -0.39 is 5.24 Å². The maximum Gasteiger partial charge on any atom is 0.254 e. The van der Waals surface area contributed by atoms with Crippen LogP contribution >= 0.6 is 11.6 Å². The van der Waals surface area contributed by atoms with Crippen molar-refractivity contribution in [3.63, 3.8) is 0 Å². The minimum atomic E-state index is -0.600. The maximum absolute atomic E-state index is 10.9. The van der Waals surface area contributed by atoms with Gasteiger partial charge in [0.05, 0.1) is 11.3 Å². The average molecular weight is 216 g/mol. The van der Waals surface area contributed by atoms with Gasteiger partial charge in [-0.3, -0.25) is 4.79 Å². The van der Waals surface area contributed by atoms with E-state index in [9.17, 15) is 9.00 Å². The summed E-state index contributed by atoms with van der Waals surface area (Å²) in [4.78, 5) is 10.9. The zero-order valence-corrected chi connectivity index (χ0v) is 8.35. The van der Waals surface area contributed by atoms with Crippen LogP contribution in [-0.2, 0) is 11.5 Å². The molecule has 0 N–H and O–H groups in total. The summed E-state index contributed by atoms with van der Waals surface area (Å²) in [5, 5.41) is -0.600. The number of nitrogens with zero attached hydrogens (tertiary/aromatic N) is 1. The molecular weight excluding hydrogens is 210 g/mol. The molecule has 1 aromatic carbocycles. The van der Waals surface area contributed by atoms with Gasteiger partial charge in [-0.2, -0.15) is 8.57 Å². The van der Waals surface area contributed by atoms with Gasteiger partial charge in [0, 0.05) is 0 Å². The molecule has 0 atom stereocenters. The van der Waals surface area contributed by atoms with Gasteiger partial charge in [0.1, 0.15) is 0 Å². The fourth-order valence-corrected chi connectivity index (χ4v) is 1.45. The molecular formula is C8H6ClNO2S. The van der Waals surface area contributed by atoms with Crippen molar-refractivity contribution in [3.8, 4) is 0 Å². The lowest BCUT2D eigenvalue weighted by Gasteiger charge is -2.01. The quantitative estimate of drug-likeness (QED) is 0.712. The van der Waals surface area contributed by atoms with Gasteiger partial charge in [0.25, 0.3) is 5.24 Å². The third-order valence-corrected chi connectivity index (χ3v) is 2.04. The highest BCUT2D eigenvalue weighted by molar-refractivity contribution is 7.54. The van der Waals surface area contributed by atoms with E-state index in [2.05, 4.69) is 4.36 Å². The fourth-order valence-electron chi connectivity index (χ4n) is 0.976. The summed E-state index contributed by atoms with van der Waals surface area (Å²) in [5.41, 5.74) is 1.39. The molecule has 0 spiro atoms. The lowest BCUT2D eigenvalue weighted by atomic mass is 10.1. The zero-order valence-electron chi connectivity index (χ0n) is 6.78. The normalized spacial score (nSPS) is 9.38. The second kappa shape index (κ2) is 4.30. The molecule has 1 aromatic rings. The number of benzene rings is 1. The molecule has 0 amide bonds. The van der Waals surface area contributed by atoms with Crippen molar-refractivity contribution >= 4 is 34.0 Å². The van der Waals surface area contributed by atoms with Crippen molar-refractivity contribution in [2.45, 2.75) is 6.92 Å². The van der Waals surface area contributed by atoms with Crippen molar-refractivity contribution in [1.29, 1.82) is 0 Å². The van der Waals surface area contributed by atoms with Crippen molar-refractivity contribution in [1.82, 2.24) is 0 Å². The van der Waals surface area contributed by atoms with E-state index in [1.807, 2.05) is 0 Å². The molecule has 0 heterocycles. The summed E-state index contributed by atoms with van der Waals surface area (Å²) in [7, 11) is 0. The molecule has 0 radical (unpaired) electrons. The number of hydrogen-bond acceptors (Lipinski definition) is 3. The van der Waals surface area contributed by atoms with Crippen LogP contribution in [0.1, 0.15) is 15.9 Å². The van der Waals surface area contributed by atoms with Gasteiger partial charge in [-0.1, -0.05) is 12.1 Å². The Hall–Kier alpha value is -1.00. The van der Waals surface area contributed by atoms with Crippen molar-refractivity contribution in [2.24, 2.45) is 4.36 Å². The van der Waals surface area contributed by atoms with Gasteiger partial charge < -0.3 is 0 Å². The molecule has 68 valence electrons. The predicted octanol–water partition coefficient (Wildman–Crippen LogP) is 2.40. The van der Waals surface area contributed by atoms with Crippen molar-refractivity contribution in [2.75, 3.05) is 0 Å². The topological polar surface area (TPSA) is 46.5 Å². The first-order valence-corrected chi connectivity index (χ1v) is 4.54. The lowest BCUT2D eigenvalue weighted by Crippen LogP contribution is -1.90. The summed E-state index contributed by atoms with van der Waals surface area (Å²) in [6, 6.07) is 5.00. The van der Waals surface area contributed by atoms with Crippen LogP contribution in [0.4, 0.5) is 5.69 Å². The molecule has 3 nitrogen and oxygen atoms in total.